The van der Waals surface area contributed by atoms with Gasteiger partial charge in [-0.3, -0.25) is 4.79 Å². The highest BCUT2D eigenvalue weighted by molar-refractivity contribution is 7.92. The molecule has 0 aliphatic rings. The normalized spacial score (nSPS) is 11.5. The Morgan fingerprint density at radius 2 is 1.89 bits per heavy atom. The van der Waals surface area contributed by atoms with Gasteiger partial charge < -0.3 is 10.1 Å². The molecule has 148 valence electrons. The number of amides is 1. The number of unbranched alkanes of at least 4 members (excludes halogenated alkanes) is 2. The van der Waals surface area contributed by atoms with Crippen LogP contribution < -0.4 is 10.1 Å². The van der Waals surface area contributed by atoms with Gasteiger partial charge >= 0.3 is 0 Å². The Morgan fingerprint density at radius 3 is 2.64 bits per heavy atom. The van der Waals surface area contributed by atoms with Crippen LogP contribution in [0.4, 0.5) is 5.13 Å². The van der Waals surface area contributed by atoms with E-state index in [0.29, 0.717) is 22.8 Å². The van der Waals surface area contributed by atoms with E-state index in [1.54, 1.807) is 12.1 Å². The van der Waals surface area contributed by atoms with Gasteiger partial charge in [-0.15, -0.1) is 0 Å². The summed E-state index contributed by atoms with van der Waals surface area (Å²) in [6.45, 7) is 2.00. The third kappa shape index (κ3) is 5.77. The van der Waals surface area contributed by atoms with Crippen LogP contribution in [0.2, 0.25) is 0 Å². The lowest BCUT2D eigenvalue weighted by atomic mass is 10.3. The lowest BCUT2D eigenvalue weighted by Gasteiger charge is -2.04. The molecule has 6 nitrogen and oxygen atoms in total. The fourth-order valence-corrected chi connectivity index (χ4v) is 4.82. The van der Waals surface area contributed by atoms with Crippen LogP contribution in [0.15, 0.2) is 48.5 Å². The third-order valence-corrected chi connectivity index (χ3v) is 6.54. The summed E-state index contributed by atoms with van der Waals surface area (Å²) in [4.78, 5) is 16.4. The third-order valence-electron chi connectivity index (χ3n) is 4.00. The van der Waals surface area contributed by atoms with Gasteiger partial charge in [0.1, 0.15) is 17.3 Å². The van der Waals surface area contributed by atoms with Crippen molar-refractivity contribution in [2.45, 2.75) is 26.2 Å². The van der Waals surface area contributed by atoms with E-state index in [4.69, 9.17) is 4.74 Å². The molecule has 1 aromatic heterocycles. The molecule has 0 aliphatic heterocycles. The lowest BCUT2D eigenvalue weighted by molar-refractivity contribution is -0.113. The zero-order valence-corrected chi connectivity index (χ0v) is 17.2. The molecular formula is C20H22N2O4S2. The van der Waals surface area contributed by atoms with Crippen LogP contribution in [0.1, 0.15) is 26.2 Å². The molecule has 2 aromatic carbocycles. The van der Waals surface area contributed by atoms with E-state index in [9.17, 15) is 13.2 Å². The van der Waals surface area contributed by atoms with Crippen LogP contribution >= 0.6 is 11.3 Å². The predicted octanol–water partition coefficient (Wildman–Crippen LogP) is 4.63. The average Bonchev–Trinajstić information content (AvgIpc) is 3.03. The van der Waals surface area contributed by atoms with Gasteiger partial charge in [0.15, 0.2) is 15.0 Å². The summed E-state index contributed by atoms with van der Waals surface area (Å²) in [5, 5.41) is 2.97. The molecule has 0 spiro atoms. The average molecular weight is 419 g/mol. The maximum Gasteiger partial charge on any atom is 0.241 e. The summed E-state index contributed by atoms with van der Waals surface area (Å²) < 4.78 is 30.6. The highest BCUT2D eigenvalue weighted by atomic mass is 32.2. The Balaban J connectivity index is 1.64. The molecule has 8 heteroatoms. The number of thiazole rings is 1. The molecule has 28 heavy (non-hydrogen) atoms. The van der Waals surface area contributed by atoms with Gasteiger partial charge in [0.05, 0.1) is 16.0 Å². The van der Waals surface area contributed by atoms with Crippen molar-refractivity contribution in [3.8, 4) is 11.5 Å². The quantitative estimate of drug-likeness (QED) is 0.512. The number of carbonyl (C=O) groups is 1. The molecule has 1 heterocycles. The van der Waals surface area contributed by atoms with Crippen molar-refractivity contribution in [3.63, 3.8) is 0 Å². The molecule has 3 aromatic rings. The molecule has 1 amide bonds. The van der Waals surface area contributed by atoms with E-state index in [2.05, 4.69) is 10.3 Å². The number of rotatable bonds is 9. The molecule has 0 radical (unpaired) electrons. The van der Waals surface area contributed by atoms with Crippen molar-refractivity contribution in [1.82, 2.24) is 4.98 Å². The molecular weight excluding hydrogens is 396 g/mol. The van der Waals surface area contributed by atoms with Crippen LogP contribution in [0, 0.1) is 0 Å². The number of sulfone groups is 1. The first-order chi connectivity index (χ1) is 13.4. The standard InChI is InChI=1S/C20H22N2O4S2/c1-2-3-7-12-28(24,25)14-19(23)22-20-21-17-11-10-16(13-18(17)27-20)26-15-8-5-4-6-9-15/h4-6,8-11,13H,2-3,7,12,14H2,1H3,(H,21,22,23). The molecule has 0 saturated heterocycles. The molecule has 0 unspecified atom stereocenters. The maximum atomic E-state index is 12.1. The van der Waals surface area contributed by atoms with Crippen molar-refractivity contribution < 1.29 is 17.9 Å². The zero-order valence-electron chi connectivity index (χ0n) is 15.6. The van der Waals surface area contributed by atoms with Crippen LogP contribution in [-0.2, 0) is 14.6 Å². The van der Waals surface area contributed by atoms with Crippen LogP contribution in [0.5, 0.6) is 11.5 Å². The number of benzene rings is 2. The number of carbonyl (C=O) groups excluding carboxylic acids is 1. The largest absolute Gasteiger partial charge is 0.457 e. The van der Waals surface area contributed by atoms with E-state index < -0.39 is 21.5 Å². The highest BCUT2D eigenvalue weighted by Gasteiger charge is 2.17. The summed E-state index contributed by atoms with van der Waals surface area (Å²) in [5.41, 5.74) is 0.714. The zero-order chi connectivity index (χ0) is 20.0. The van der Waals surface area contributed by atoms with Gasteiger partial charge in [0, 0.05) is 6.07 Å². The number of ether oxygens (including phenoxy) is 1. The number of hydrogen-bond donors (Lipinski definition) is 1. The molecule has 0 saturated carbocycles. The minimum Gasteiger partial charge on any atom is -0.457 e. The second-order valence-electron chi connectivity index (χ2n) is 6.41. The number of fused-ring (bicyclic) bond motifs is 1. The van der Waals surface area contributed by atoms with Crippen molar-refractivity contribution in [2.24, 2.45) is 0 Å². The number of anilines is 1. The smallest absolute Gasteiger partial charge is 0.241 e. The van der Waals surface area contributed by atoms with Gasteiger partial charge in [-0.2, -0.15) is 0 Å². The van der Waals surface area contributed by atoms with E-state index in [1.807, 2.05) is 43.3 Å². The van der Waals surface area contributed by atoms with E-state index in [0.717, 1.165) is 23.3 Å². The Kier molecular flexibility index (Phi) is 6.64. The van der Waals surface area contributed by atoms with Crippen molar-refractivity contribution in [2.75, 3.05) is 16.8 Å². The van der Waals surface area contributed by atoms with Gasteiger partial charge in [-0.05, 0) is 30.7 Å². The Hall–Kier alpha value is -2.45. The summed E-state index contributed by atoms with van der Waals surface area (Å²) in [5.74, 6) is 0.353. The number of nitrogens with zero attached hydrogens (tertiary/aromatic N) is 1. The first-order valence-electron chi connectivity index (χ1n) is 9.09. The van der Waals surface area contributed by atoms with Gasteiger partial charge in [-0.1, -0.05) is 49.3 Å². The molecule has 0 fully saturated rings. The van der Waals surface area contributed by atoms with Gasteiger partial charge in [-0.25, -0.2) is 13.4 Å². The fraction of sp³-hybridized carbons (Fsp3) is 0.300. The SMILES string of the molecule is CCCCCS(=O)(=O)CC(=O)Nc1nc2ccc(Oc3ccccc3)cc2s1. The molecule has 0 aliphatic carbocycles. The number of para-hydroxylation sites is 1. The highest BCUT2D eigenvalue weighted by Crippen LogP contribution is 2.31. The Morgan fingerprint density at radius 1 is 1.11 bits per heavy atom. The molecule has 3 rings (SSSR count). The number of nitrogens with one attached hydrogen (secondary N) is 1. The van der Waals surface area contributed by atoms with E-state index in [-0.39, 0.29) is 5.75 Å². The first-order valence-corrected chi connectivity index (χ1v) is 11.7. The minimum absolute atomic E-state index is 0.0360. The van der Waals surface area contributed by atoms with Gasteiger partial charge in [0.2, 0.25) is 5.91 Å². The van der Waals surface area contributed by atoms with Crippen LogP contribution in [0.25, 0.3) is 10.2 Å². The topological polar surface area (TPSA) is 85.4 Å². The summed E-state index contributed by atoms with van der Waals surface area (Å²) in [7, 11) is -3.40. The molecule has 0 bridgehead atoms. The van der Waals surface area contributed by atoms with Crippen molar-refractivity contribution >= 4 is 42.4 Å². The van der Waals surface area contributed by atoms with E-state index >= 15 is 0 Å². The Bertz CT molecular complexity index is 1050. The minimum atomic E-state index is -3.40. The maximum absolute atomic E-state index is 12.1. The Labute approximate surface area is 168 Å². The van der Waals surface area contributed by atoms with E-state index in [1.165, 1.54) is 11.3 Å². The summed E-state index contributed by atoms with van der Waals surface area (Å²) >= 11 is 1.28. The van der Waals surface area contributed by atoms with Crippen LogP contribution in [0.3, 0.4) is 0 Å². The monoisotopic (exact) mass is 418 g/mol. The van der Waals surface area contributed by atoms with Crippen LogP contribution in [-0.4, -0.2) is 30.8 Å². The fourth-order valence-electron chi connectivity index (χ4n) is 2.65. The lowest BCUT2D eigenvalue weighted by Crippen LogP contribution is -2.24. The second kappa shape index (κ2) is 9.16. The van der Waals surface area contributed by atoms with Gasteiger partial charge in [0.25, 0.3) is 0 Å². The molecule has 1 N–H and O–H groups in total. The second-order valence-corrected chi connectivity index (χ2v) is 9.63. The van der Waals surface area contributed by atoms with Crippen molar-refractivity contribution in [1.29, 1.82) is 0 Å². The number of hydrogen-bond acceptors (Lipinski definition) is 6. The first kappa shape index (κ1) is 20.3. The number of aromatic nitrogens is 1. The molecule has 0 atom stereocenters. The summed E-state index contributed by atoms with van der Waals surface area (Å²) in [6.07, 6.45) is 2.35. The summed E-state index contributed by atoms with van der Waals surface area (Å²) in [6, 6.07) is 14.9. The van der Waals surface area contributed by atoms with Crippen molar-refractivity contribution in [3.05, 3.63) is 48.5 Å². The predicted molar refractivity (Wildman–Crippen MR) is 113 cm³/mol.